The normalized spacial score (nSPS) is 20.9. The molecule has 0 spiro atoms. The van der Waals surface area contributed by atoms with E-state index >= 15 is 0 Å². The lowest BCUT2D eigenvalue weighted by Gasteiger charge is -2.20. The Morgan fingerprint density at radius 3 is 3.12 bits per heavy atom. The lowest BCUT2D eigenvalue weighted by molar-refractivity contribution is 0.248. The maximum absolute atomic E-state index is 5.36. The molecule has 4 nitrogen and oxygen atoms in total. The van der Waals surface area contributed by atoms with E-state index in [-0.39, 0.29) is 0 Å². The van der Waals surface area contributed by atoms with Crippen LogP contribution >= 0.6 is 0 Å². The SMILES string of the molecule is C1=CCN(Cc2cc(CNC3CC3)no2)CC1. The Balaban J connectivity index is 1.50. The molecule has 1 saturated carbocycles. The van der Waals surface area contributed by atoms with Crippen LogP contribution < -0.4 is 5.32 Å². The van der Waals surface area contributed by atoms with Crippen molar-refractivity contribution in [3.05, 3.63) is 29.7 Å². The van der Waals surface area contributed by atoms with Gasteiger partial charge in [-0.05, 0) is 19.3 Å². The van der Waals surface area contributed by atoms with Crippen molar-refractivity contribution in [2.45, 2.75) is 38.4 Å². The van der Waals surface area contributed by atoms with E-state index in [1.54, 1.807) is 0 Å². The van der Waals surface area contributed by atoms with E-state index < -0.39 is 0 Å². The van der Waals surface area contributed by atoms with Gasteiger partial charge in [-0.25, -0.2) is 0 Å². The van der Waals surface area contributed by atoms with Crippen molar-refractivity contribution >= 4 is 0 Å². The molecule has 1 aliphatic carbocycles. The molecule has 0 amide bonds. The van der Waals surface area contributed by atoms with Crippen molar-refractivity contribution in [3.8, 4) is 0 Å². The van der Waals surface area contributed by atoms with Crippen LogP contribution in [-0.4, -0.2) is 29.2 Å². The van der Waals surface area contributed by atoms with E-state index in [0.717, 1.165) is 50.1 Å². The van der Waals surface area contributed by atoms with Crippen LogP contribution in [0.4, 0.5) is 0 Å². The van der Waals surface area contributed by atoms with Gasteiger partial charge >= 0.3 is 0 Å². The number of hydrogen-bond acceptors (Lipinski definition) is 4. The predicted molar refractivity (Wildman–Crippen MR) is 65.4 cm³/mol. The third-order valence-corrected chi connectivity index (χ3v) is 3.28. The predicted octanol–water partition coefficient (Wildman–Crippen LogP) is 1.69. The lowest BCUT2D eigenvalue weighted by Crippen LogP contribution is -2.26. The van der Waals surface area contributed by atoms with Crippen LogP contribution in [0.2, 0.25) is 0 Å². The highest BCUT2D eigenvalue weighted by Gasteiger charge is 2.20. The second-order valence-corrected chi connectivity index (χ2v) is 4.93. The zero-order chi connectivity index (χ0) is 11.5. The van der Waals surface area contributed by atoms with Gasteiger partial charge in [0.25, 0.3) is 0 Å². The van der Waals surface area contributed by atoms with Gasteiger partial charge in [0, 0.05) is 31.7 Å². The van der Waals surface area contributed by atoms with Crippen molar-refractivity contribution in [2.75, 3.05) is 13.1 Å². The highest BCUT2D eigenvalue weighted by Crippen LogP contribution is 2.19. The summed E-state index contributed by atoms with van der Waals surface area (Å²) in [6.07, 6.45) is 8.22. The molecule has 0 saturated heterocycles. The van der Waals surface area contributed by atoms with Gasteiger partial charge in [-0.3, -0.25) is 4.90 Å². The van der Waals surface area contributed by atoms with Crippen LogP contribution in [0.3, 0.4) is 0 Å². The molecule has 4 heteroatoms. The largest absolute Gasteiger partial charge is 0.360 e. The zero-order valence-electron chi connectivity index (χ0n) is 10.1. The number of aromatic nitrogens is 1. The Morgan fingerprint density at radius 2 is 2.35 bits per heavy atom. The van der Waals surface area contributed by atoms with Gasteiger partial charge in [0.15, 0.2) is 5.76 Å². The van der Waals surface area contributed by atoms with Crippen molar-refractivity contribution in [1.29, 1.82) is 0 Å². The number of rotatable bonds is 5. The molecular formula is C13H19N3O. The van der Waals surface area contributed by atoms with Crippen molar-refractivity contribution in [1.82, 2.24) is 15.4 Å². The van der Waals surface area contributed by atoms with Crippen LogP contribution in [0.25, 0.3) is 0 Å². The fourth-order valence-corrected chi connectivity index (χ4v) is 2.10. The Bertz CT molecular complexity index is 395. The minimum Gasteiger partial charge on any atom is -0.360 e. The molecule has 0 bridgehead atoms. The molecule has 17 heavy (non-hydrogen) atoms. The van der Waals surface area contributed by atoms with E-state index in [1.165, 1.54) is 12.8 Å². The first-order valence-electron chi connectivity index (χ1n) is 6.45. The standard InChI is InChI=1S/C13H19N3O/c1-2-6-16(7-3-1)10-13-8-12(15-17-13)9-14-11-4-5-11/h1-2,8,11,14H,3-7,9-10H2. The van der Waals surface area contributed by atoms with Crippen molar-refractivity contribution in [2.24, 2.45) is 0 Å². The Kier molecular flexibility index (Phi) is 3.25. The average Bonchev–Trinajstić information content (AvgIpc) is 3.09. The quantitative estimate of drug-likeness (QED) is 0.786. The molecule has 0 radical (unpaired) electrons. The summed E-state index contributed by atoms with van der Waals surface area (Å²) in [7, 11) is 0. The molecule has 2 aliphatic rings. The number of nitrogens with zero attached hydrogens (tertiary/aromatic N) is 2. The fourth-order valence-electron chi connectivity index (χ4n) is 2.10. The minimum absolute atomic E-state index is 0.724. The monoisotopic (exact) mass is 233 g/mol. The van der Waals surface area contributed by atoms with Crippen LogP contribution in [-0.2, 0) is 13.1 Å². The van der Waals surface area contributed by atoms with E-state index in [1.807, 2.05) is 0 Å². The van der Waals surface area contributed by atoms with Crippen LogP contribution in [0.15, 0.2) is 22.7 Å². The second kappa shape index (κ2) is 5.02. The van der Waals surface area contributed by atoms with Gasteiger partial charge in [0.1, 0.15) is 0 Å². The third-order valence-electron chi connectivity index (χ3n) is 3.28. The van der Waals surface area contributed by atoms with Gasteiger partial charge in [0.2, 0.25) is 0 Å². The van der Waals surface area contributed by atoms with Gasteiger partial charge in [-0.15, -0.1) is 0 Å². The molecular weight excluding hydrogens is 214 g/mol. The summed E-state index contributed by atoms with van der Waals surface area (Å²) in [4.78, 5) is 2.37. The topological polar surface area (TPSA) is 41.3 Å². The molecule has 2 heterocycles. The zero-order valence-corrected chi connectivity index (χ0v) is 10.1. The summed E-state index contributed by atoms with van der Waals surface area (Å²) in [6.45, 7) is 3.86. The van der Waals surface area contributed by atoms with Gasteiger partial charge < -0.3 is 9.84 Å². The highest BCUT2D eigenvalue weighted by molar-refractivity contribution is 5.06. The molecule has 0 atom stereocenters. The molecule has 1 aromatic rings. The Morgan fingerprint density at radius 1 is 1.41 bits per heavy atom. The molecule has 3 rings (SSSR count). The minimum atomic E-state index is 0.724. The number of hydrogen-bond donors (Lipinski definition) is 1. The Labute approximate surface area is 102 Å². The van der Waals surface area contributed by atoms with Gasteiger partial charge in [0.05, 0.1) is 12.2 Å². The molecule has 1 aliphatic heterocycles. The summed E-state index contributed by atoms with van der Waals surface area (Å²) in [5, 5.41) is 7.54. The van der Waals surface area contributed by atoms with Crippen molar-refractivity contribution in [3.63, 3.8) is 0 Å². The molecule has 0 unspecified atom stereocenters. The van der Waals surface area contributed by atoms with Crippen LogP contribution in [0, 0.1) is 0 Å². The van der Waals surface area contributed by atoms with Crippen molar-refractivity contribution < 1.29 is 4.52 Å². The maximum Gasteiger partial charge on any atom is 0.151 e. The molecule has 1 N–H and O–H groups in total. The van der Waals surface area contributed by atoms with E-state index in [0.29, 0.717) is 0 Å². The Hall–Kier alpha value is -1.13. The molecule has 1 fully saturated rings. The molecule has 92 valence electrons. The number of nitrogens with one attached hydrogen (secondary N) is 1. The summed E-state index contributed by atoms with van der Waals surface area (Å²) in [5.74, 6) is 0.980. The summed E-state index contributed by atoms with van der Waals surface area (Å²) >= 11 is 0. The average molecular weight is 233 g/mol. The maximum atomic E-state index is 5.36. The van der Waals surface area contributed by atoms with E-state index in [2.05, 4.69) is 33.6 Å². The highest BCUT2D eigenvalue weighted by atomic mass is 16.5. The van der Waals surface area contributed by atoms with Crippen LogP contribution in [0.1, 0.15) is 30.7 Å². The fraction of sp³-hybridized carbons (Fsp3) is 0.615. The first kappa shape index (κ1) is 11.0. The lowest BCUT2D eigenvalue weighted by atomic mass is 10.2. The second-order valence-electron chi connectivity index (χ2n) is 4.93. The van der Waals surface area contributed by atoms with Crippen LogP contribution in [0.5, 0.6) is 0 Å². The van der Waals surface area contributed by atoms with Gasteiger partial charge in [-0.1, -0.05) is 17.3 Å². The molecule has 0 aromatic carbocycles. The van der Waals surface area contributed by atoms with E-state index in [9.17, 15) is 0 Å². The third kappa shape index (κ3) is 3.17. The molecule has 1 aromatic heterocycles. The first-order chi connectivity index (χ1) is 8.40. The smallest absolute Gasteiger partial charge is 0.151 e. The summed E-state index contributed by atoms with van der Waals surface area (Å²) in [5.41, 5.74) is 1.03. The van der Waals surface area contributed by atoms with Gasteiger partial charge in [-0.2, -0.15) is 0 Å². The van der Waals surface area contributed by atoms with E-state index in [4.69, 9.17) is 4.52 Å². The summed E-state index contributed by atoms with van der Waals surface area (Å²) < 4.78 is 5.36. The first-order valence-corrected chi connectivity index (χ1v) is 6.45. The summed E-state index contributed by atoms with van der Waals surface area (Å²) in [6, 6.07) is 2.80.